The van der Waals surface area contributed by atoms with Gasteiger partial charge in [-0.2, -0.15) is 0 Å². The Morgan fingerprint density at radius 1 is 1.86 bits per heavy atom. The highest BCUT2D eigenvalue weighted by molar-refractivity contribution is 7.72. The van der Waals surface area contributed by atoms with Gasteiger partial charge in [0.2, 0.25) is 0 Å². The molecule has 1 aliphatic heterocycles. The Bertz CT molecular complexity index is 317. The molecule has 1 heterocycles. The van der Waals surface area contributed by atoms with E-state index in [2.05, 4.69) is 5.16 Å². The molecule has 78 valence electrons. The molecular weight excluding hydrogens is 231 g/mol. The van der Waals surface area contributed by atoms with Crippen LogP contribution in [0, 0.1) is 10.1 Å². The van der Waals surface area contributed by atoms with Crippen LogP contribution in [-0.2, 0) is 4.52 Å². The Balaban J connectivity index is 2.93. The van der Waals surface area contributed by atoms with Crippen LogP contribution in [0.5, 0.6) is 0 Å². The van der Waals surface area contributed by atoms with Crippen molar-refractivity contribution in [2.45, 2.75) is 6.92 Å². The molecule has 0 amide bonds. The zero-order valence-electron chi connectivity index (χ0n) is 7.31. The van der Waals surface area contributed by atoms with Gasteiger partial charge in [0.15, 0.2) is 0 Å². The number of oxime groups is 1. The average Bonchev–Trinajstić information content (AvgIpc) is 2.43. The summed E-state index contributed by atoms with van der Waals surface area (Å²) in [6.07, 6.45) is 0.153. The lowest BCUT2D eigenvalue weighted by Gasteiger charge is -2.07. The van der Waals surface area contributed by atoms with Crippen LogP contribution in [0.4, 0.5) is 0 Å². The van der Waals surface area contributed by atoms with Crippen molar-refractivity contribution in [2.24, 2.45) is 5.16 Å². The van der Waals surface area contributed by atoms with E-state index >= 15 is 0 Å². The van der Waals surface area contributed by atoms with Gasteiger partial charge in [0.1, 0.15) is 11.5 Å². The maximum atomic E-state index is 10.6. The van der Waals surface area contributed by atoms with Crippen LogP contribution in [0.2, 0.25) is 0 Å². The van der Waals surface area contributed by atoms with E-state index in [0.717, 1.165) is 0 Å². The summed E-state index contributed by atoms with van der Waals surface area (Å²) in [5.41, 5.74) is 0.648. The van der Waals surface area contributed by atoms with Gasteiger partial charge in [-0.1, -0.05) is 16.8 Å². The second-order valence-corrected chi connectivity index (χ2v) is 4.50. The topological polar surface area (TPSA) is 85.0 Å². The van der Waals surface area contributed by atoms with Crippen LogP contribution in [0.25, 0.3) is 0 Å². The van der Waals surface area contributed by atoms with Crippen molar-refractivity contribution in [3.63, 3.8) is 0 Å². The molecule has 0 saturated carbocycles. The first kappa shape index (κ1) is 11.4. The molecule has 6 nitrogen and oxygen atoms in total. The summed E-state index contributed by atoms with van der Waals surface area (Å²) in [6.45, 7) is 1.53. The summed E-state index contributed by atoms with van der Waals surface area (Å²) in [5, 5.41) is 22.2. The van der Waals surface area contributed by atoms with E-state index in [1.54, 1.807) is 0 Å². The molecular formula is C6H8ClN2O4P. The number of nitro groups is 1. The summed E-state index contributed by atoms with van der Waals surface area (Å²) in [6, 6.07) is -0.0665. The molecule has 0 aromatic heterocycles. The van der Waals surface area contributed by atoms with Gasteiger partial charge < -0.3 is 9.73 Å². The number of halogens is 1. The van der Waals surface area contributed by atoms with Crippen molar-refractivity contribution >= 4 is 25.2 Å². The molecule has 0 aromatic carbocycles. The number of nitrogens with zero attached hydrogens (tertiary/aromatic N) is 2. The summed E-state index contributed by atoms with van der Waals surface area (Å²) < 4.78 is 5.05. The summed E-state index contributed by atoms with van der Waals surface area (Å²) >= 11 is 5.35. The summed E-state index contributed by atoms with van der Waals surface area (Å²) in [7, 11) is -1.27. The monoisotopic (exact) mass is 238 g/mol. The van der Waals surface area contributed by atoms with Gasteiger partial charge in [-0.25, -0.2) is 0 Å². The molecule has 0 aromatic rings. The first-order chi connectivity index (χ1) is 6.61. The van der Waals surface area contributed by atoms with Gasteiger partial charge in [0.25, 0.3) is 5.70 Å². The second-order valence-electron chi connectivity index (χ2n) is 2.53. The standard InChI is InChI=1S/C6H8ClN2O4P/c1-4-5(9(11)12)2-14(13-3-7)6(4)8-10/h10H,2-3H2,1H3/b8-6+. The van der Waals surface area contributed by atoms with Gasteiger partial charge in [-0.05, 0) is 6.92 Å². The van der Waals surface area contributed by atoms with Crippen LogP contribution < -0.4 is 0 Å². The fourth-order valence-electron chi connectivity index (χ4n) is 1.13. The van der Waals surface area contributed by atoms with Gasteiger partial charge >= 0.3 is 0 Å². The van der Waals surface area contributed by atoms with E-state index in [9.17, 15) is 10.1 Å². The quantitative estimate of drug-likeness (QED) is 0.268. The predicted octanol–water partition coefficient (Wildman–Crippen LogP) is 1.95. The lowest BCUT2D eigenvalue weighted by Crippen LogP contribution is -2.00. The minimum atomic E-state index is -1.27. The van der Waals surface area contributed by atoms with Crippen LogP contribution in [-0.4, -0.2) is 27.8 Å². The van der Waals surface area contributed by atoms with Crippen molar-refractivity contribution in [2.75, 3.05) is 12.2 Å². The fourth-order valence-corrected chi connectivity index (χ4v) is 3.19. The number of hydrogen-bond donors (Lipinski definition) is 1. The van der Waals surface area contributed by atoms with Crippen LogP contribution >= 0.6 is 19.7 Å². The van der Waals surface area contributed by atoms with Crippen LogP contribution in [0.15, 0.2) is 16.4 Å². The molecule has 0 saturated heterocycles. The molecule has 1 rings (SSSR count). The van der Waals surface area contributed by atoms with E-state index < -0.39 is 13.1 Å². The van der Waals surface area contributed by atoms with Crippen molar-refractivity contribution < 1.29 is 14.7 Å². The van der Waals surface area contributed by atoms with Gasteiger partial charge in [-0.3, -0.25) is 10.1 Å². The van der Waals surface area contributed by atoms with Crippen molar-refractivity contribution in [3.05, 3.63) is 21.4 Å². The molecule has 1 atom stereocenters. The zero-order chi connectivity index (χ0) is 10.7. The van der Waals surface area contributed by atoms with Gasteiger partial charge in [0.05, 0.1) is 24.8 Å². The first-order valence-corrected chi connectivity index (χ1v) is 5.62. The molecule has 1 aliphatic rings. The van der Waals surface area contributed by atoms with Crippen molar-refractivity contribution in [1.82, 2.24) is 0 Å². The van der Waals surface area contributed by atoms with E-state index in [1.165, 1.54) is 6.92 Å². The molecule has 1 unspecified atom stereocenters. The molecule has 1 N–H and O–H groups in total. The van der Waals surface area contributed by atoms with E-state index in [-0.39, 0.29) is 23.4 Å². The third kappa shape index (κ3) is 2.03. The molecule has 14 heavy (non-hydrogen) atoms. The molecule has 8 heteroatoms. The van der Waals surface area contributed by atoms with Crippen LogP contribution in [0.3, 0.4) is 0 Å². The summed E-state index contributed by atoms with van der Waals surface area (Å²) in [4.78, 5) is 10.1. The second kappa shape index (κ2) is 4.68. The van der Waals surface area contributed by atoms with E-state index in [4.69, 9.17) is 21.3 Å². The Labute approximate surface area is 86.2 Å². The smallest absolute Gasteiger partial charge is 0.258 e. The highest BCUT2D eigenvalue weighted by Gasteiger charge is 2.37. The third-order valence-electron chi connectivity index (χ3n) is 1.82. The molecule has 0 bridgehead atoms. The Morgan fingerprint density at radius 3 is 2.93 bits per heavy atom. The van der Waals surface area contributed by atoms with Crippen molar-refractivity contribution in [1.29, 1.82) is 0 Å². The minimum Gasteiger partial charge on any atom is -0.410 e. The number of hydrogen-bond acceptors (Lipinski definition) is 5. The Morgan fingerprint density at radius 2 is 2.50 bits per heavy atom. The number of alkyl halides is 1. The van der Waals surface area contributed by atoms with Crippen LogP contribution in [0.1, 0.15) is 6.92 Å². The lowest BCUT2D eigenvalue weighted by atomic mass is 10.3. The average molecular weight is 239 g/mol. The Hall–Kier alpha value is -0.710. The van der Waals surface area contributed by atoms with Gasteiger partial charge in [-0.15, -0.1) is 0 Å². The molecule has 0 radical (unpaired) electrons. The van der Waals surface area contributed by atoms with Crippen molar-refractivity contribution in [3.8, 4) is 0 Å². The molecule has 0 spiro atoms. The summed E-state index contributed by atoms with van der Waals surface area (Å²) in [5.74, 6) is 0. The maximum Gasteiger partial charge on any atom is 0.258 e. The molecule has 0 fully saturated rings. The zero-order valence-corrected chi connectivity index (χ0v) is 8.96. The highest BCUT2D eigenvalue weighted by Crippen LogP contribution is 2.49. The number of rotatable bonds is 3. The normalized spacial score (nSPS) is 24.7. The number of allylic oxidation sites excluding steroid dienone is 2. The fraction of sp³-hybridized carbons (Fsp3) is 0.500. The largest absolute Gasteiger partial charge is 0.410 e. The van der Waals surface area contributed by atoms with E-state index in [0.29, 0.717) is 5.57 Å². The van der Waals surface area contributed by atoms with E-state index in [1.807, 2.05) is 0 Å². The first-order valence-electron chi connectivity index (χ1n) is 3.64. The molecule has 0 aliphatic carbocycles. The maximum absolute atomic E-state index is 10.6. The lowest BCUT2D eigenvalue weighted by molar-refractivity contribution is -0.424. The highest BCUT2D eigenvalue weighted by atomic mass is 35.5. The minimum absolute atomic E-state index is 0.0361. The third-order valence-corrected chi connectivity index (χ3v) is 4.00. The van der Waals surface area contributed by atoms with Gasteiger partial charge in [0, 0.05) is 0 Å². The Kier molecular flexibility index (Phi) is 3.80. The SMILES string of the molecule is CC1=C([N+](=O)[O-])CP(OCCl)/C1=N/O. The predicted molar refractivity (Wildman–Crippen MR) is 52.5 cm³/mol.